The molecule has 3 aromatic rings. The predicted octanol–water partition coefficient (Wildman–Crippen LogP) is 6.70. The van der Waals surface area contributed by atoms with Gasteiger partial charge < -0.3 is 9.30 Å². The highest BCUT2D eigenvalue weighted by atomic mass is 35.5. The van der Waals surface area contributed by atoms with E-state index in [0.29, 0.717) is 17.9 Å². The minimum Gasteiger partial charge on any atom is -0.469 e. The number of hydrogen-bond acceptors (Lipinski definition) is 3. The van der Waals surface area contributed by atoms with Crippen LogP contribution in [-0.4, -0.2) is 23.4 Å². The van der Waals surface area contributed by atoms with Gasteiger partial charge in [0.05, 0.1) is 7.11 Å². The minimum atomic E-state index is -0.283. The molecule has 170 valence electrons. The Bertz CT molecular complexity index is 1060. The number of ether oxygens (including phenoxy) is 1. The van der Waals surface area contributed by atoms with Crippen molar-refractivity contribution in [2.24, 2.45) is 7.05 Å². The standard InChI is InChI=1S/C27H32ClNO3/c1-29-23-18-17-21(28)19-22(23)27(25(30)15-10-16-26(31)32-2)24(29)14-9-4-3-6-11-20-12-7-5-8-13-20/h5,7-8,12-13,17-19H,3-4,6,9-11,14-16H2,1-2H3. The van der Waals surface area contributed by atoms with Crippen LogP contribution in [0.15, 0.2) is 48.5 Å². The van der Waals surface area contributed by atoms with Crippen LogP contribution < -0.4 is 0 Å². The zero-order chi connectivity index (χ0) is 22.9. The molecule has 4 nitrogen and oxygen atoms in total. The van der Waals surface area contributed by atoms with Crippen LogP contribution >= 0.6 is 11.6 Å². The maximum Gasteiger partial charge on any atom is 0.305 e. The van der Waals surface area contributed by atoms with E-state index in [1.54, 1.807) is 0 Å². The second-order valence-corrected chi connectivity index (χ2v) is 8.73. The zero-order valence-electron chi connectivity index (χ0n) is 19.0. The quantitative estimate of drug-likeness (QED) is 0.174. The van der Waals surface area contributed by atoms with E-state index < -0.39 is 0 Å². The van der Waals surface area contributed by atoms with Crippen LogP contribution in [0.5, 0.6) is 0 Å². The summed E-state index contributed by atoms with van der Waals surface area (Å²) in [6, 6.07) is 16.3. The lowest BCUT2D eigenvalue weighted by molar-refractivity contribution is -0.140. The van der Waals surface area contributed by atoms with Gasteiger partial charge >= 0.3 is 5.97 Å². The lowest BCUT2D eigenvalue weighted by Crippen LogP contribution is -2.07. The third-order valence-corrected chi connectivity index (χ3v) is 6.28. The Hall–Kier alpha value is -2.59. The molecule has 3 rings (SSSR count). The van der Waals surface area contributed by atoms with Crippen molar-refractivity contribution in [3.05, 3.63) is 70.4 Å². The van der Waals surface area contributed by atoms with Crippen LogP contribution in [0, 0.1) is 0 Å². The molecule has 0 aliphatic carbocycles. The summed E-state index contributed by atoms with van der Waals surface area (Å²) in [7, 11) is 3.39. The molecule has 0 unspecified atom stereocenters. The van der Waals surface area contributed by atoms with Crippen LogP contribution in [0.1, 0.15) is 66.6 Å². The Kier molecular flexibility index (Phi) is 8.92. The highest BCUT2D eigenvalue weighted by Crippen LogP contribution is 2.30. The van der Waals surface area contributed by atoms with Crippen molar-refractivity contribution in [2.45, 2.75) is 57.8 Å². The van der Waals surface area contributed by atoms with Gasteiger partial charge in [0, 0.05) is 47.1 Å². The summed E-state index contributed by atoms with van der Waals surface area (Å²) >= 11 is 6.25. The molecule has 0 aliphatic heterocycles. The number of aromatic nitrogens is 1. The largest absolute Gasteiger partial charge is 0.469 e. The number of methoxy groups -OCH3 is 1. The topological polar surface area (TPSA) is 48.3 Å². The van der Waals surface area contributed by atoms with E-state index in [9.17, 15) is 9.59 Å². The molecule has 0 aliphatic rings. The summed E-state index contributed by atoms with van der Waals surface area (Å²) < 4.78 is 6.82. The number of Topliss-reactive ketones (excluding diaryl/α,β-unsaturated/α-hetero) is 1. The second kappa shape index (κ2) is 11.9. The molecule has 0 N–H and O–H groups in total. The second-order valence-electron chi connectivity index (χ2n) is 8.29. The Balaban J connectivity index is 1.65. The molecule has 1 aromatic heterocycles. The minimum absolute atomic E-state index is 0.0702. The number of unbranched alkanes of at least 4 members (excludes halogenated alkanes) is 3. The van der Waals surface area contributed by atoms with Crippen LogP contribution in [0.2, 0.25) is 5.02 Å². The summed E-state index contributed by atoms with van der Waals surface area (Å²) in [5, 5.41) is 1.53. The monoisotopic (exact) mass is 453 g/mol. The number of aryl methyl sites for hydroxylation is 2. The van der Waals surface area contributed by atoms with Gasteiger partial charge in [-0.3, -0.25) is 9.59 Å². The Morgan fingerprint density at radius 3 is 2.34 bits per heavy atom. The van der Waals surface area contributed by atoms with Crippen LogP contribution in [0.25, 0.3) is 10.9 Å². The van der Waals surface area contributed by atoms with Gasteiger partial charge in [0.15, 0.2) is 5.78 Å². The van der Waals surface area contributed by atoms with Gasteiger partial charge in [-0.15, -0.1) is 0 Å². The van der Waals surface area contributed by atoms with Gasteiger partial charge in [-0.1, -0.05) is 54.8 Å². The van der Waals surface area contributed by atoms with E-state index >= 15 is 0 Å². The first-order chi connectivity index (χ1) is 15.5. The molecular formula is C27H32ClNO3. The van der Waals surface area contributed by atoms with Gasteiger partial charge in [0.25, 0.3) is 0 Å². The molecule has 0 saturated heterocycles. The van der Waals surface area contributed by atoms with Crippen LogP contribution in [0.3, 0.4) is 0 Å². The van der Waals surface area contributed by atoms with Crippen molar-refractivity contribution < 1.29 is 14.3 Å². The first-order valence-electron chi connectivity index (χ1n) is 11.4. The van der Waals surface area contributed by atoms with Gasteiger partial charge in [-0.2, -0.15) is 0 Å². The van der Waals surface area contributed by atoms with Gasteiger partial charge in [0.2, 0.25) is 0 Å². The maximum atomic E-state index is 13.2. The van der Waals surface area contributed by atoms with E-state index in [1.165, 1.54) is 25.5 Å². The molecule has 0 radical (unpaired) electrons. The lowest BCUT2D eigenvalue weighted by Gasteiger charge is -2.08. The molecule has 0 bridgehead atoms. The van der Waals surface area contributed by atoms with Crippen molar-refractivity contribution in [1.82, 2.24) is 4.57 Å². The molecular weight excluding hydrogens is 422 g/mol. The zero-order valence-corrected chi connectivity index (χ0v) is 19.8. The predicted molar refractivity (Wildman–Crippen MR) is 130 cm³/mol. The van der Waals surface area contributed by atoms with E-state index in [-0.39, 0.29) is 18.2 Å². The number of carbonyl (C=O) groups excluding carboxylic acids is 2. The normalized spacial score (nSPS) is 11.1. The van der Waals surface area contributed by atoms with Gasteiger partial charge in [-0.05, 0) is 55.9 Å². The smallest absolute Gasteiger partial charge is 0.305 e. The van der Waals surface area contributed by atoms with Crippen molar-refractivity contribution in [1.29, 1.82) is 0 Å². The van der Waals surface area contributed by atoms with Gasteiger partial charge in [-0.25, -0.2) is 0 Å². The summed E-state index contributed by atoms with van der Waals surface area (Å²) in [6.45, 7) is 0. The number of fused-ring (bicyclic) bond motifs is 1. The van der Waals surface area contributed by atoms with Crippen molar-refractivity contribution >= 4 is 34.3 Å². The SMILES string of the molecule is COC(=O)CCCC(=O)c1c(CCCCCCc2ccccc2)n(C)c2ccc(Cl)cc12. The average molecular weight is 454 g/mol. The van der Waals surface area contributed by atoms with E-state index in [4.69, 9.17) is 16.3 Å². The Labute approximate surface area is 195 Å². The molecule has 0 saturated carbocycles. The molecule has 1 heterocycles. The van der Waals surface area contributed by atoms with Crippen LogP contribution in [0.4, 0.5) is 0 Å². The highest BCUT2D eigenvalue weighted by molar-refractivity contribution is 6.31. The molecule has 2 aromatic carbocycles. The average Bonchev–Trinajstić information content (AvgIpc) is 3.07. The summed E-state index contributed by atoms with van der Waals surface area (Å²) in [5.74, 6) is -0.213. The molecule has 0 spiro atoms. The molecule has 0 atom stereocenters. The highest BCUT2D eigenvalue weighted by Gasteiger charge is 2.21. The molecule has 0 fully saturated rings. The number of ketones is 1. The molecule has 32 heavy (non-hydrogen) atoms. The van der Waals surface area contributed by atoms with E-state index in [0.717, 1.165) is 47.8 Å². The van der Waals surface area contributed by atoms with Crippen molar-refractivity contribution in [3.8, 4) is 0 Å². The molecule has 0 amide bonds. The summed E-state index contributed by atoms with van der Waals surface area (Å²) in [4.78, 5) is 24.6. The Morgan fingerprint density at radius 1 is 0.906 bits per heavy atom. The Morgan fingerprint density at radius 2 is 1.62 bits per heavy atom. The fourth-order valence-electron chi connectivity index (χ4n) is 4.31. The number of carbonyl (C=O) groups is 2. The number of nitrogens with zero attached hydrogens (tertiary/aromatic N) is 1. The number of benzene rings is 2. The number of rotatable bonds is 12. The fraction of sp³-hybridized carbons (Fsp3) is 0.407. The van der Waals surface area contributed by atoms with E-state index in [1.807, 2.05) is 25.2 Å². The summed E-state index contributed by atoms with van der Waals surface area (Å²) in [6.07, 6.45) is 7.54. The molecule has 5 heteroatoms. The number of halogens is 1. The lowest BCUT2D eigenvalue weighted by atomic mass is 9.98. The number of esters is 1. The third-order valence-electron chi connectivity index (χ3n) is 6.05. The number of hydrogen-bond donors (Lipinski definition) is 0. The fourth-order valence-corrected chi connectivity index (χ4v) is 4.49. The maximum absolute atomic E-state index is 13.2. The summed E-state index contributed by atoms with van der Waals surface area (Å²) in [5.41, 5.74) is 4.23. The van der Waals surface area contributed by atoms with Crippen LogP contribution in [-0.2, 0) is 29.4 Å². The first-order valence-corrected chi connectivity index (χ1v) is 11.8. The van der Waals surface area contributed by atoms with Crippen molar-refractivity contribution in [2.75, 3.05) is 7.11 Å². The van der Waals surface area contributed by atoms with E-state index in [2.05, 4.69) is 34.9 Å². The van der Waals surface area contributed by atoms with Gasteiger partial charge in [0.1, 0.15) is 0 Å². The third kappa shape index (κ3) is 6.23. The first kappa shape index (κ1) is 24.1. The van der Waals surface area contributed by atoms with Crippen molar-refractivity contribution in [3.63, 3.8) is 0 Å².